The quantitative estimate of drug-likeness (QED) is 0.256. The molecule has 1 N–H and O–H groups in total. The highest BCUT2D eigenvalue weighted by molar-refractivity contribution is 9.11. The highest BCUT2D eigenvalue weighted by atomic mass is 79.9. The molecule has 2 aromatic carbocycles. The summed E-state index contributed by atoms with van der Waals surface area (Å²) in [6, 6.07) is 20.1. The fraction of sp³-hybridized carbons (Fsp3) is 0.115. The van der Waals surface area contributed by atoms with Crippen molar-refractivity contribution in [2.45, 2.75) is 13.5 Å². The van der Waals surface area contributed by atoms with Gasteiger partial charge in [-0.15, -0.1) is 11.3 Å². The van der Waals surface area contributed by atoms with Crippen LogP contribution in [0.4, 0.5) is 5.82 Å². The van der Waals surface area contributed by atoms with E-state index in [1.165, 1.54) is 4.57 Å². The molecule has 176 valence electrons. The number of hydrogen-bond acceptors (Lipinski definition) is 6. The summed E-state index contributed by atoms with van der Waals surface area (Å²) in [7, 11) is 0. The highest BCUT2D eigenvalue weighted by Gasteiger charge is 2.16. The van der Waals surface area contributed by atoms with Gasteiger partial charge in [0.2, 0.25) is 5.88 Å². The second kappa shape index (κ2) is 9.89. The number of pyridine rings is 1. The van der Waals surface area contributed by atoms with Crippen LogP contribution in [0, 0.1) is 0 Å². The number of aromatic hydroxyl groups is 1. The number of hydrogen-bond donors (Lipinski definition) is 1. The molecule has 0 radical (unpaired) electrons. The number of aromatic nitrogens is 3. The van der Waals surface area contributed by atoms with Crippen molar-refractivity contribution in [3.8, 4) is 17.3 Å². The molecule has 0 aliphatic heterocycles. The molecule has 0 fully saturated rings. The summed E-state index contributed by atoms with van der Waals surface area (Å²) in [5.41, 5.74) is 0.665. The van der Waals surface area contributed by atoms with Crippen molar-refractivity contribution < 1.29 is 9.84 Å². The fourth-order valence-corrected chi connectivity index (χ4v) is 5.32. The van der Waals surface area contributed by atoms with Gasteiger partial charge in [-0.3, -0.25) is 4.79 Å². The van der Waals surface area contributed by atoms with E-state index in [0.29, 0.717) is 46.7 Å². The topological polar surface area (TPSA) is 81.6 Å². The van der Waals surface area contributed by atoms with Crippen molar-refractivity contribution in [3.63, 3.8) is 0 Å². The third kappa shape index (κ3) is 4.65. The minimum absolute atomic E-state index is 0.185. The Morgan fingerprint density at radius 2 is 1.86 bits per heavy atom. The first-order valence-corrected chi connectivity index (χ1v) is 12.6. The van der Waals surface area contributed by atoms with Crippen molar-refractivity contribution in [3.05, 3.63) is 97.5 Å². The zero-order valence-corrected chi connectivity index (χ0v) is 21.2. The Hall–Kier alpha value is -3.69. The molecule has 0 saturated carbocycles. The fourth-order valence-electron chi connectivity index (χ4n) is 3.86. The molecule has 0 amide bonds. The number of benzene rings is 2. The van der Waals surface area contributed by atoms with Gasteiger partial charge in [0.15, 0.2) is 5.82 Å². The molecule has 3 aromatic heterocycles. The van der Waals surface area contributed by atoms with E-state index in [2.05, 4.69) is 26.0 Å². The third-order valence-electron chi connectivity index (χ3n) is 5.46. The number of halogens is 1. The number of ether oxygens (including phenoxy) is 1. The minimum atomic E-state index is -0.312. The van der Waals surface area contributed by atoms with Crippen molar-refractivity contribution in [1.29, 1.82) is 0 Å². The van der Waals surface area contributed by atoms with Gasteiger partial charge < -0.3 is 9.84 Å². The molecule has 5 rings (SSSR count). The molecule has 9 heteroatoms. The lowest BCUT2D eigenvalue weighted by Gasteiger charge is -2.14. The van der Waals surface area contributed by atoms with E-state index in [1.807, 2.05) is 25.1 Å². The minimum Gasteiger partial charge on any atom is -0.494 e. The molecule has 0 spiro atoms. The Labute approximate surface area is 213 Å². The van der Waals surface area contributed by atoms with Crippen molar-refractivity contribution >= 4 is 50.1 Å². The third-order valence-corrected chi connectivity index (χ3v) is 7.07. The van der Waals surface area contributed by atoms with Crippen LogP contribution in [-0.2, 0) is 6.54 Å². The maximum absolute atomic E-state index is 13.3. The predicted octanol–water partition coefficient (Wildman–Crippen LogP) is 5.91. The lowest BCUT2D eigenvalue weighted by atomic mass is 10.1. The molecular weight excluding hydrogens is 528 g/mol. The summed E-state index contributed by atoms with van der Waals surface area (Å²) in [4.78, 5) is 19.1. The molecule has 35 heavy (non-hydrogen) atoms. The summed E-state index contributed by atoms with van der Waals surface area (Å²) >= 11 is 5.12. The molecule has 3 heterocycles. The van der Waals surface area contributed by atoms with Crippen LogP contribution in [0.1, 0.15) is 17.4 Å². The van der Waals surface area contributed by atoms with Crippen LogP contribution in [0.3, 0.4) is 0 Å². The summed E-state index contributed by atoms with van der Waals surface area (Å²) in [6.45, 7) is 3.03. The number of fused-ring (bicyclic) bond motifs is 1. The first-order valence-electron chi connectivity index (χ1n) is 10.9. The van der Waals surface area contributed by atoms with Gasteiger partial charge in [0.1, 0.15) is 5.75 Å². The van der Waals surface area contributed by atoms with E-state index < -0.39 is 0 Å². The van der Waals surface area contributed by atoms with Crippen LogP contribution in [0.25, 0.3) is 16.5 Å². The lowest BCUT2D eigenvalue weighted by Crippen LogP contribution is -2.20. The SMILES string of the molecule is CCOc1ccc(-n2c(O)c(/C=N/c3ccnn3Cc3ccc(Br)s3)c3ccccc3c2=O)cc1. The molecule has 7 nitrogen and oxygen atoms in total. The van der Waals surface area contributed by atoms with Crippen LogP contribution >= 0.6 is 27.3 Å². The summed E-state index contributed by atoms with van der Waals surface area (Å²) in [6.07, 6.45) is 3.27. The van der Waals surface area contributed by atoms with E-state index in [0.717, 1.165) is 8.66 Å². The molecule has 5 aromatic rings. The normalized spacial score (nSPS) is 11.5. The maximum atomic E-state index is 13.3. The smallest absolute Gasteiger partial charge is 0.265 e. The second-order valence-electron chi connectivity index (χ2n) is 7.66. The van der Waals surface area contributed by atoms with Gasteiger partial charge in [-0.25, -0.2) is 14.2 Å². The molecule has 0 bridgehead atoms. The Kier molecular flexibility index (Phi) is 6.52. The van der Waals surface area contributed by atoms with Crippen molar-refractivity contribution in [2.24, 2.45) is 4.99 Å². The lowest BCUT2D eigenvalue weighted by molar-refractivity contribution is 0.340. The van der Waals surface area contributed by atoms with E-state index >= 15 is 0 Å². The second-order valence-corrected chi connectivity index (χ2v) is 10.2. The Morgan fingerprint density at radius 1 is 1.09 bits per heavy atom. The Balaban J connectivity index is 1.59. The first-order chi connectivity index (χ1) is 17.0. The number of thiophene rings is 1. The zero-order valence-electron chi connectivity index (χ0n) is 18.8. The average Bonchev–Trinajstić information content (AvgIpc) is 3.49. The van der Waals surface area contributed by atoms with Gasteiger partial charge >= 0.3 is 0 Å². The van der Waals surface area contributed by atoms with Gasteiger partial charge in [-0.05, 0) is 65.3 Å². The van der Waals surface area contributed by atoms with E-state index in [1.54, 1.807) is 77.0 Å². The average molecular weight is 549 g/mol. The molecule has 0 saturated heterocycles. The maximum Gasteiger partial charge on any atom is 0.265 e. The van der Waals surface area contributed by atoms with Gasteiger partial charge in [0.25, 0.3) is 5.56 Å². The highest BCUT2D eigenvalue weighted by Crippen LogP contribution is 2.28. The Morgan fingerprint density at radius 3 is 2.57 bits per heavy atom. The van der Waals surface area contributed by atoms with Gasteiger partial charge in [-0.2, -0.15) is 5.10 Å². The Bertz CT molecular complexity index is 1580. The monoisotopic (exact) mass is 548 g/mol. The van der Waals surface area contributed by atoms with Crippen molar-refractivity contribution in [1.82, 2.24) is 14.3 Å². The standard InChI is InChI=1S/C26H21BrN4O3S/c1-2-34-18-9-7-17(8-10-18)31-25(32)21-6-4-3-5-20(21)22(26(31)33)15-28-24-13-14-29-30(24)16-19-11-12-23(27)35-19/h3-15,33H,2,16H2,1H3/b28-15+. The van der Waals surface area contributed by atoms with Crippen LogP contribution in [0.2, 0.25) is 0 Å². The number of rotatable bonds is 7. The molecule has 0 atom stereocenters. The van der Waals surface area contributed by atoms with Gasteiger partial charge in [0.05, 0.1) is 34.4 Å². The molecular formula is C26H21BrN4O3S. The zero-order chi connectivity index (χ0) is 24.4. The first kappa shape index (κ1) is 23.1. The summed E-state index contributed by atoms with van der Waals surface area (Å²) in [5.74, 6) is 1.14. The molecule has 0 unspecified atom stereocenters. The largest absolute Gasteiger partial charge is 0.494 e. The van der Waals surface area contributed by atoms with E-state index in [4.69, 9.17) is 4.74 Å². The number of nitrogens with zero attached hydrogens (tertiary/aromatic N) is 4. The van der Waals surface area contributed by atoms with Crippen LogP contribution in [0.5, 0.6) is 11.6 Å². The van der Waals surface area contributed by atoms with Crippen LogP contribution in [0.15, 0.2) is 86.5 Å². The van der Waals surface area contributed by atoms with Gasteiger partial charge in [0, 0.05) is 27.9 Å². The van der Waals surface area contributed by atoms with E-state index in [9.17, 15) is 9.90 Å². The summed E-state index contributed by atoms with van der Waals surface area (Å²) in [5, 5.41) is 16.7. The van der Waals surface area contributed by atoms with Crippen LogP contribution < -0.4 is 10.3 Å². The predicted molar refractivity (Wildman–Crippen MR) is 143 cm³/mol. The summed E-state index contributed by atoms with van der Waals surface area (Å²) < 4.78 is 9.64. The molecule has 0 aliphatic rings. The van der Waals surface area contributed by atoms with Crippen LogP contribution in [-0.4, -0.2) is 32.3 Å². The van der Waals surface area contributed by atoms with Crippen molar-refractivity contribution in [2.75, 3.05) is 6.61 Å². The molecule has 0 aliphatic carbocycles. The van der Waals surface area contributed by atoms with E-state index in [-0.39, 0.29) is 11.4 Å². The number of aliphatic imine (C=N–C) groups is 1. The van der Waals surface area contributed by atoms with Gasteiger partial charge in [-0.1, -0.05) is 18.2 Å².